The van der Waals surface area contributed by atoms with Gasteiger partial charge in [-0.15, -0.1) is 5.10 Å². The van der Waals surface area contributed by atoms with Crippen LogP contribution < -0.4 is 5.32 Å². The second-order valence-corrected chi connectivity index (χ2v) is 11.8. The first-order valence-corrected chi connectivity index (χ1v) is 14.1. The van der Waals surface area contributed by atoms with Gasteiger partial charge in [0.05, 0.1) is 35.4 Å². The van der Waals surface area contributed by atoms with E-state index in [9.17, 15) is 22.8 Å². The molecule has 0 aromatic carbocycles. The Balaban J connectivity index is 1.04. The van der Waals surface area contributed by atoms with Crippen LogP contribution >= 0.6 is 0 Å². The SMILES string of the molecule is CC(C)(C)OC(=O)N1CC(C2=Cc3cc(CCCCn4cc(C(=O)NCc5cc(C(F)(F)F)ccn5)nn4)nnc3C2)C1. The lowest BCUT2D eigenvalue weighted by atomic mass is 9.91. The zero-order chi connectivity index (χ0) is 30.8. The summed E-state index contributed by atoms with van der Waals surface area (Å²) in [6.07, 6.45) is 3.01. The third-order valence-corrected chi connectivity index (χ3v) is 7.14. The fourth-order valence-electron chi connectivity index (χ4n) is 4.86. The van der Waals surface area contributed by atoms with Crippen LogP contribution in [0.3, 0.4) is 0 Å². The standard InChI is InChI=1S/C29H33F3N8O3/c1-28(2,3)43-27(42)39-15-20(16-39)18-10-19-11-22(35-36-24(19)12-18)6-4-5-9-40-17-25(37-38-40)26(41)34-14-23-13-21(7-8-33-23)29(30,31)32/h7-8,10-11,13,17,20H,4-6,9,12,14-16H2,1-3H3,(H,34,41). The summed E-state index contributed by atoms with van der Waals surface area (Å²) in [5, 5.41) is 19.2. The van der Waals surface area contributed by atoms with E-state index >= 15 is 0 Å². The number of carbonyl (C=O) groups excluding carboxylic acids is 2. The Kier molecular flexibility index (Phi) is 8.47. The Morgan fingerprint density at radius 2 is 1.86 bits per heavy atom. The minimum absolute atomic E-state index is 0.0692. The number of likely N-dealkylation sites (tertiary alicyclic amines) is 1. The van der Waals surface area contributed by atoms with Crippen LogP contribution in [0.2, 0.25) is 0 Å². The lowest BCUT2D eigenvalue weighted by Crippen LogP contribution is -2.52. The van der Waals surface area contributed by atoms with Crippen LogP contribution in [0.1, 0.15) is 72.3 Å². The minimum Gasteiger partial charge on any atom is -0.444 e. The first-order chi connectivity index (χ1) is 20.3. The number of aryl methyl sites for hydroxylation is 2. The van der Waals surface area contributed by atoms with Crippen molar-refractivity contribution in [3.8, 4) is 0 Å². The minimum atomic E-state index is -4.48. The summed E-state index contributed by atoms with van der Waals surface area (Å²) in [6.45, 7) is 7.24. The highest BCUT2D eigenvalue weighted by Gasteiger charge is 2.37. The summed E-state index contributed by atoms with van der Waals surface area (Å²) < 4.78 is 45.6. The van der Waals surface area contributed by atoms with Crippen LogP contribution in [0.5, 0.6) is 0 Å². The monoisotopic (exact) mass is 598 g/mol. The Morgan fingerprint density at radius 1 is 1.07 bits per heavy atom. The van der Waals surface area contributed by atoms with Gasteiger partial charge in [0.1, 0.15) is 5.60 Å². The zero-order valence-corrected chi connectivity index (χ0v) is 24.2. The van der Waals surface area contributed by atoms with Gasteiger partial charge in [-0.25, -0.2) is 4.79 Å². The molecule has 3 aromatic rings. The van der Waals surface area contributed by atoms with Crippen molar-refractivity contribution in [2.75, 3.05) is 13.1 Å². The van der Waals surface area contributed by atoms with E-state index in [-0.39, 0.29) is 24.0 Å². The van der Waals surface area contributed by atoms with E-state index in [1.807, 2.05) is 20.8 Å². The van der Waals surface area contributed by atoms with Crippen molar-refractivity contribution in [1.82, 2.24) is 40.4 Å². The smallest absolute Gasteiger partial charge is 0.416 e. The number of hydrogen-bond donors (Lipinski definition) is 1. The molecule has 1 fully saturated rings. The number of nitrogens with zero attached hydrogens (tertiary/aromatic N) is 7. The summed E-state index contributed by atoms with van der Waals surface area (Å²) in [7, 11) is 0. The van der Waals surface area contributed by atoms with Gasteiger partial charge in [0.25, 0.3) is 5.91 Å². The molecule has 0 spiro atoms. The van der Waals surface area contributed by atoms with Crippen LogP contribution in [0.25, 0.3) is 6.08 Å². The van der Waals surface area contributed by atoms with Gasteiger partial charge >= 0.3 is 12.3 Å². The molecular weight excluding hydrogens is 565 g/mol. The highest BCUT2D eigenvalue weighted by atomic mass is 19.4. The number of ether oxygens (including phenoxy) is 1. The van der Waals surface area contributed by atoms with Crippen molar-refractivity contribution < 1.29 is 27.5 Å². The van der Waals surface area contributed by atoms with Gasteiger partial charge in [0, 0.05) is 38.2 Å². The number of unbranched alkanes of at least 4 members (excludes halogenated alkanes) is 1. The van der Waals surface area contributed by atoms with Gasteiger partial charge in [0.2, 0.25) is 0 Å². The molecule has 5 rings (SSSR count). The molecule has 0 unspecified atom stereocenters. The number of amides is 2. The molecule has 1 aliphatic carbocycles. The predicted molar refractivity (Wildman–Crippen MR) is 148 cm³/mol. The molecule has 2 amide bonds. The maximum absolute atomic E-state index is 12.9. The average molecular weight is 599 g/mol. The summed E-state index contributed by atoms with van der Waals surface area (Å²) in [6, 6.07) is 3.84. The van der Waals surface area contributed by atoms with Crippen molar-refractivity contribution in [1.29, 1.82) is 0 Å². The molecule has 0 bridgehead atoms. The Hall–Kier alpha value is -4.36. The van der Waals surface area contributed by atoms with Crippen molar-refractivity contribution in [2.24, 2.45) is 5.92 Å². The van der Waals surface area contributed by atoms with Crippen LogP contribution in [0, 0.1) is 5.92 Å². The van der Waals surface area contributed by atoms with Gasteiger partial charge in [-0.3, -0.25) is 14.5 Å². The fourth-order valence-corrected chi connectivity index (χ4v) is 4.86. The number of nitrogens with one attached hydrogen (secondary N) is 1. The van der Waals surface area contributed by atoms with E-state index in [0.29, 0.717) is 25.6 Å². The Bertz CT molecular complexity index is 1520. The number of halogens is 3. The third-order valence-electron chi connectivity index (χ3n) is 7.14. The molecule has 3 aromatic heterocycles. The lowest BCUT2D eigenvalue weighted by molar-refractivity contribution is -0.137. The van der Waals surface area contributed by atoms with Crippen LogP contribution in [0.15, 0.2) is 36.2 Å². The molecule has 0 saturated carbocycles. The number of aromatic nitrogens is 6. The highest BCUT2D eigenvalue weighted by molar-refractivity contribution is 5.91. The van der Waals surface area contributed by atoms with Gasteiger partial charge in [-0.05, 0) is 63.8 Å². The Labute approximate surface area is 246 Å². The maximum atomic E-state index is 12.9. The number of alkyl halides is 3. The lowest BCUT2D eigenvalue weighted by Gasteiger charge is -2.40. The van der Waals surface area contributed by atoms with Crippen molar-refractivity contribution in [3.05, 3.63) is 70.1 Å². The number of hydrogen-bond acceptors (Lipinski definition) is 8. The van der Waals surface area contributed by atoms with Gasteiger partial charge < -0.3 is 15.0 Å². The van der Waals surface area contributed by atoms with Gasteiger partial charge in [0.15, 0.2) is 5.69 Å². The van der Waals surface area contributed by atoms with Gasteiger partial charge in [-0.1, -0.05) is 16.9 Å². The molecular formula is C29H33F3N8O3. The first kappa shape index (κ1) is 30.1. The number of fused-ring (bicyclic) bond motifs is 1. The summed E-state index contributed by atoms with van der Waals surface area (Å²) in [5.74, 6) is -0.247. The van der Waals surface area contributed by atoms with Gasteiger partial charge in [-0.2, -0.15) is 23.4 Å². The predicted octanol–water partition coefficient (Wildman–Crippen LogP) is 4.24. The van der Waals surface area contributed by atoms with Crippen LogP contribution in [-0.2, 0) is 36.8 Å². The van der Waals surface area contributed by atoms with Crippen molar-refractivity contribution in [3.63, 3.8) is 0 Å². The number of rotatable bonds is 9. The summed E-state index contributed by atoms with van der Waals surface area (Å²) in [4.78, 5) is 30.2. The van der Waals surface area contributed by atoms with Crippen molar-refractivity contribution in [2.45, 2.75) is 71.3 Å². The molecule has 14 heteroatoms. The third kappa shape index (κ3) is 7.73. The summed E-state index contributed by atoms with van der Waals surface area (Å²) >= 11 is 0. The molecule has 0 radical (unpaired) electrons. The second kappa shape index (κ2) is 12.1. The second-order valence-electron chi connectivity index (χ2n) is 11.8. The van der Waals surface area contributed by atoms with Crippen molar-refractivity contribution >= 4 is 18.1 Å². The van der Waals surface area contributed by atoms with E-state index in [1.165, 1.54) is 11.8 Å². The van der Waals surface area contributed by atoms with Crippen LogP contribution in [0.4, 0.5) is 18.0 Å². The van der Waals surface area contributed by atoms with E-state index in [2.05, 4.69) is 43.0 Å². The molecule has 4 heterocycles. The maximum Gasteiger partial charge on any atom is 0.416 e. The molecule has 43 heavy (non-hydrogen) atoms. The molecule has 0 atom stereocenters. The molecule has 1 N–H and O–H groups in total. The number of carbonyl (C=O) groups is 2. The molecule has 1 aliphatic heterocycles. The number of pyridine rings is 1. The van der Waals surface area contributed by atoms with E-state index in [1.54, 1.807) is 9.58 Å². The van der Waals surface area contributed by atoms with E-state index in [4.69, 9.17) is 4.74 Å². The first-order valence-electron chi connectivity index (χ1n) is 14.1. The largest absolute Gasteiger partial charge is 0.444 e. The molecule has 1 saturated heterocycles. The average Bonchev–Trinajstić information content (AvgIpc) is 3.54. The summed E-state index contributed by atoms with van der Waals surface area (Å²) in [5.41, 5.74) is 3.00. The normalized spacial score (nSPS) is 15.1. The quantitative estimate of drug-likeness (QED) is 0.363. The molecule has 228 valence electrons. The highest BCUT2D eigenvalue weighted by Crippen LogP contribution is 2.34. The van der Waals surface area contributed by atoms with E-state index < -0.39 is 23.2 Å². The molecule has 11 nitrogen and oxygen atoms in total. The van der Waals surface area contributed by atoms with E-state index in [0.717, 1.165) is 61.0 Å². The molecule has 2 aliphatic rings. The van der Waals surface area contributed by atoms with Crippen LogP contribution in [-0.4, -0.2) is 65.8 Å². The zero-order valence-electron chi connectivity index (χ0n) is 24.2. The topological polar surface area (TPSA) is 128 Å². The fraction of sp³-hybridized carbons (Fsp3) is 0.483. The Morgan fingerprint density at radius 3 is 2.60 bits per heavy atom.